The van der Waals surface area contributed by atoms with E-state index in [2.05, 4.69) is 0 Å². The van der Waals surface area contributed by atoms with Crippen molar-refractivity contribution in [2.45, 2.75) is 90.0 Å². The van der Waals surface area contributed by atoms with Crippen molar-refractivity contribution in [1.82, 2.24) is 0 Å². The Morgan fingerprint density at radius 3 is 1.24 bits per heavy atom. The molecule has 6 nitrogen and oxygen atoms in total. The third-order valence-corrected chi connectivity index (χ3v) is 6.14. The highest BCUT2D eigenvalue weighted by Crippen LogP contribution is 2.25. The van der Waals surface area contributed by atoms with Crippen LogP contribution in [0.1, 0.15) is 85.2 Å². The molecule has 184 valence electrons. The Morgan fingerprint density at radius 1 is 0.676 bits per heavy atom. The first-order valence-corrected chi connectivity index (χ1v) is 11.9. The Hall–Kier alpha value is -2.38. The molecule has 0 aromatic heterocycles. The predicted molar refractivity (Wildman–Crippen MR) is 130 cm³/mol. The molecule has 0 amide bonds. The van der Waals surface area contributed by atoms with Gasteiger partial charge in [-0.2, -0.15) is 0 Å². The number of rotatable bonds is 10. The molecule has 0 spiro atoms. The summed E-state index contributed by atoms with van der Waals surface area (Å²) in [6.07, 6.45) is 4.09. The number of ether oxygens (including phenoxy) is 2. The zero-order valence-corrected chi connectivity index (χ0v) is 20.5. The fourth-order valence-corrected chi connectivity index (χ4v) is 4.00. The molecule has 1 aliphatic rings. The van der Waals surface area contributed by atoms with Gasteiger partial charge < -0.3 is 19.7 Å². The van der Waals surface area contributed by atoms with Gasteiger partial charge >= 0.3 is 0 Å². The summed E-state index contributed by atoms with van der Waals surface area (Å²) < 4.78 is 12.1. The Morgan fingerprint density at radius 2 is 0.971 bits per heavy atom. The van der Waals surface area contributed by atoms with Gasteiger partial charge in [0.15, 0.2) is 11.6 Å². The largest absolute Gasteiger partial charge is 0.382 e. The van der Waals surface area contributed by atoms with Gasteiger partial charge in [0, 0.05) is 11.1 Å². The van der Waals surface area contributed by atoms with E-state index >= 15 is 0 Å². The zero-order chi connectivity index (χ0) is 24.9. The second-order valence-corrected chi connectivity index (χ2v) is 10.2. The molecule has 1 aliphatic carbocycles. The molecular formula is C28H36O6. The molecule has 0 radical (unpaired) electrons. The van der Waals surface area contributed by atoms with Crippen LogP contribution in [0.2, 0.25) is 0 Å². The molecular weight excluding hydrogens is 432 g/mol. The highest BCUT2D eigenvalue weighted by atomic mass is 16.5. The minimum absolute atomic E-state index is 0.185. The van der Waals surface area contributed by atoms with E-state index in [1.807, 2.05) is 24.3 Å². The van der Waals surface area contributed by atoms with Crippen LogP contribution in [-0.4, -0.2) is 45.2 Å². The Balaban J connectivity index is 1.39. The van der Waals surface area contributed by atoms with Crippen molar-refractivity contribution in [2.75, 3.05) is 0 Å². The van der Waals surface area contributed by atoms with Crippen molar-refractivity contribution < 1.29 is 29.3 Å². The number of ketones is 2. The molecule has 0 heterocycles. The van der Waals surface area contributed by atoms with Gasteiger partial charge in [-0.15, -0.1) is 0 Å². The highest BCUT2D eigenvalue weighted by molar-refractivity contribution is 6.02. The number of benzene rings is 2. The van der Waals surface area contributed by atoms with E-state index < -0.39 is 11.2 Å². The first-order valence-electron chi connectivity index (χ1n) is 11.9. The van der Waals surface area contributed by atoms with E-state index in [9.17, 15) is 19.8 Å². The topological polar surface area (TPSA) is 93.1 Å². The number of carbonyl (C=O) groups excluding carboxylic acids is 2. The Labute approximate surface area is 201 Å². The molecule has 0 atom stereocenters. The summed E-state index contributed by atoms with van der Waals surface area (Å²) in [6, 6.07) is 14.4. The minimum atomic E-state index is -1.38. The Bertz CT molecular complexity index is 874. The summed E-state index contributed by atoms with van der Waals surface area (Å²) in [6.45, 7) is 6.94. The van der Waals surface area contributed by atoms with Crippen LogP contribution in [0.15, 0.2) is 48.5 Å². The van der Waals surface area contributed by atoms with E-state index in [0.717, 1.165) is 36.8 Å². The van der Waals surface area contributed by atoms with Crippen molar-refractivity contribution in [3.05, 3.63) is 70.8 Å². The summed E-state index contributed by atoms with van der Waals surface area (Å²) >= 11 is 0. The van der Waals surface area contributed by atoms with Crippen LogP contribution in [0, 0.1) is 0 Å². The smallest absolute Gasteiger partial charge is 0.193 e. The van der Waals surface area contributed by atoms with E-state index in [1.54, 1.807) is 24.3 Å². The van der Waals surface area contributed by atoms with Crippen molar-refractivity contribution in [3.63, 3.8) is 0 Å². The second-order valence-electron chi connectivity index (χ2n) is 10.2. The van der Waals surface area contributed by atoms with Gasteiger partial charge in [-0.25, -0.2) is 0 Å². The number of hydrogen-bond acceptors (Lipinski definition) is 6. The van der Waals surface area contributed by atoms with Crippen LogP contribution in [0.5, 0.6) is 0 Å². The molecule has 34 heavy (non-hydrogen) atoms. The van der Waals surface area contributed by atoms with Crippen LogP contribution in [0.25, 0.3) is 0 Å². The van der Waals surface area contributed by atoms with Crippen molar-refractivity contribution in [2.24, 2.45) is 0 Å². The molecule has 0 bridgehead atoms. The fraction of sp³-hybridized carbons (Fsp3) is 0.500. The lowest BCUT2D eigenvalue weighted by atomic mass is 9.94. The minimum Gasteiger partial charge on any atom is -0.382 e. The lowest BCUT2D eigenvalue weighted by molar-refractivity contribution is -0.0419. The summed E-state index contributed by atoms with van der Waals surface area (Å²) in [7, 11) is 0. The SMILES string of the molecule is CC(C)(O)C(=O)c1ccc(COC2CCC(OCc3ccc(C(=O)C(C)(C)O)cc3)CC2)cc1. The van der Waals surface area contributed by atoms with Crippen LogP contribution < -0.4 is 0 Å². The van der Waals surface area contributed by atoms with Crippen LogP contribution >= 0.6 is 0 Å². The molecule has 3 rings (SSSR count). The first kappa shape index (κ1) is 26.2. The number of hydrogen-bond donors (Lipinski definition) is 2. The zero-order valence-electron chi connectivity index (χ0n) is 20.5. The quantitative estimate of drug-likeness (QED) is 0.494. The average Bonchev–Trinajstić information content (AvgIpc) is 2.80. The summed E-state index contributed by atoms with van der Waals surface area (Å²) in [4.78, 5) is 24.2. The molecule has 1 fully saturated rings. The fourth-order valence-electron chi connectivity index (χ4n) is 4.00. The van der Waals surface area contributed by atoms with Crippen LogP contribution in [0.4, 0.5) is 0 Å². The second kappa shape index (κ2) is 10.9. The van der Waals surface area contributed by atoms with Gasteiger partial charge in [0.2, 0.25) is 0 Å². The van der Waals surface area contributed by atoms with Crippen LogP contribution in [-0.2, 0) is 22.7 Å². The molecule has 2 aromatic carbocycles. The van der Waals surface area contributed by atoms with Gasteiger partial charge in [0.05, 0.1) is 25.4 Å². The van der Waals surface area contributed by atoms with Crippen molar-refractivity contribution >= 4 is 11.6 Å². The van der Waals surface area contributed by atoms with E-state index in [-0.39, 0.29) is 23.8 Å². The molecule has 2 aromatic rings. The number of carbonyl (C=O) groups is 2. The van der Waals surface area contributed by atoms with E-state index in [4.69, 9.17) is 9.47 Å². The predicted octanol–water partition coefficient (Wildman–Crippen LogP) is 4.64. The molecule has 2 N–H and O–H groups in total. The maximum atomic E-state index is 12.1. The molecule has 1 saturated carbocycles. The molecule has 6 heteroatoms. The van der Waals surface area contributed by atoms with E-state index in [0.29, 0.717) is 24.3 Å². The van der Waals surface area contributed by atoms with E-state index in [1.165, 1.54) is 27.7 Å². The monoisotopic (exact) mass is 468 g/mol. The standard InChI is InChI=1S/C28H36O6/c1-27(2,31)25(29)21-9-5-19(6-10-21)17-33-23-13-15-24(16-14-23)34-18-20-7-11-22(12-8-20)26(30)28(3,4)32/h5-12,23-24,31-32H,13-18H2,1-4H3. The maximum absolute atomic E-state index is 12.1. The van der Waals surface area contributed by atoms with Crippen molar-refractivity contribution in [3.8, 4) is 0 Å². The molecule has 0 saturated heterocycles. The maximum Gasteiger partial charge on any atom is 0.193 e. The number of aliphatic hydroxyl groups is 2. The molecule has 0 unspecified atom stereocenters. The highest BCUT2D eigenvalue weighted by Gasteiger charge is 2.26. The summed E-state index contributed by atoms with van der Waals surface area (Å²) in [5.41, 5.74) is 0.227. The number of Topliss-reactive ketones (excluding diaryl/α,β-unsaturated/α-hetero) is 2. The third kappa shape index (κ3) is 7.31. The lowest BCUT2D eigenvalue weighted by Crippen LogP contribution is -2.31. The average molecular weight is 469 g/mol. The van der Waals surface area contributed by atoms with Crippen LogP contribution in [0.3, 0.4) is 0 Å². The Kier molecular flexibility index (Phi) is 8.42. The first-order chi connectivity index (χ1) is 15.9. The van der Waals surface area contributed by atoms with Gasteiger partial charge in [-0.1, -0.05) is 48.5 Å². The van der Waals surface area contributed by atoms with Gasteiger partial charge in [0.1, 0.15) is 11.2 Å². The normalized spacial score (nSPS) is 19.1. The summed E-state index contributed by atoms with van der Waals surface area (Å²) in [5, 5.41) is 19.7. The van der Waals surface area contributed by atoms with Gasteiger partial charge in [0.25, 0.3) is 0 Å². The lowest BCUT2D eigenvalue weighted by Gasteiger charge is -2.28. The third-order valence-electron chi connectivity index (χ3n) is 6.14. The van der Waals surface area contributed by atoms with Crippen molar-refractivity contribution in [1.29, 1.82) is 0 Å². The molecule has 0 aliphatic heterocycles. The van der Waals surface area contributed by atoms with Gasteiger partial charge in [-0.3, -0.25) is 9.59 Å². The summed E-state index contributed by atoms with van der Waals surface area (Å²) in [5.74, 6) is -0.589. The van der Waals surface area contributed by atoms with Gasteiger partial charge in [-0.05, 0) is 64.5 Å².